The number of hydrogen-bond acceptors (Lipinski definition) is 5. The largest absolute Gasteiger partial charge is 0.460 e. The van der Waals surface area contributed by atoms with E-state index in [0.29, 0.717) is 18.5 Å². The molecule has 5 nitrogen and oxygen atoms in total. The predicted molar refractivity (Wildman–Crippen MR) is 73.8 cm³/mol. The Morgan fingerprint density at radius 3 is 2.55 bits per heavy atom. The van der Waals surface area contributed by atoms with Gasteiger partial charge in [-0.15, -0.1) is 0 Å². The van der Waals surface area contributed by atoms with E-state index < -0.39 is 18.0 Å². The second kappa shape index (κ2) is 8.30. The molecule has 0 bridgehead atoms. The topological polar surface area (TPSA) is 65.5 Å². The van der Waals surface area contributed by atoms with Gasteiger partial charge in [-0.05, 0) is 31.9 Å². The van der Waals surface area contributed by atoms with Crippen molar-refractivity contribution in [3.8, 4) is 0 Å². The summed E-state index contributed by atoms with van der Waals surface area (Å²) in [6, 6.07) is 5.11. The summed E-state index contributed by atoms with van der Waals surface area (Å²) < 4.78 is 10.4. The second-order valence-electron chi connectivity index (χ2n) is 4.53. The van der Waals surface area contributed by atoms with Gasteiger partial charge in [0.05, 0.1) is 11.8 Å². The summed E-state index contributed by atoms with van der Waals surface area (Å²) in [4.78, 5) is 27.8. The Kier molecular flexibility index (Phi) is 6.70. The zero-order chi connectivity index (χ0) is 15.0. The Balaban J connectivity index is 2.84. The molecule has 0 saturated carbocycles. The Morgan fingerprint density at radius 1 is 1.25 bits per heavy atom. The molecular formula is C15H21NO4. The zero-order valence-corrected chi connectivity index (χ0v) is 12.2. The van der Waals surface area contributed by atoms with Gasteiger partial charge in [-0.1, -0.05) is 19.9 Å². The van der Waals surface area contributed by atoms with Crippen molar-refractivity contribution in [1.29, 1.82) is 0 Å². The van der Waals surface area contributed by atoms with Crippen LogP contribution in [0, 0.1) is 0 Å². The minimum absolute atomic E-state index is 0.224. The highest BCUT2D eigenvalue weighted by molar-refractivity contribution is 5.80. The van der Waals surface area contributed by atoms with Crippen LogP contribution in [0.4, 0.5) is 0 Å². The van der Waals surface area contributed by atoms with Crippen LogP contribution in [0.2, 0.25) is 0 Å². The third kappa shape index (κ3) is 4.99. The first kappa shape index (κ1) is 16.1. The fourth-order valence-corrected chi connectivity index (χ4v) is 1.50. The number of ether oxygens (including phenoxy) is 2. The Bertz CT molecular complexity index is 433. The molecule has 1 aromatic heterocycles. The van der Waals surface area contributed by atoms with E-state index in [1.165, 1.54) is 0 Å². The van der Waals surface area contributed by atoms with Crippen molar-refractivity contribution in [2.75, 3.05) is 0 Å². The smallest absolute Gasteiger partial charge is 0.354 e. The summed E-state index contributed by atoms with van der Waals surface area (Å²) in [6.07, 6.45) is 1.85. The van der Waals surface area contributed by atoms with Crippen molar-refractivity contribution in [3.05, 3.63) is 30.1 Å². The number of aromatic nitrogens is 1. The molecular weight excluding hydrogens is 258 g/mol. The molecule has 1 aromatic rings. The first-order chi connectivity index (χ1) is 9.58. The van der Waals surface area contributed by atoms with Crippen molar-refractivity contribution in [1.82, 2.24) is 4.98 Å². The van der Waals surface area contributed by atoms with Gasteiger partial charge in [0.25, 0.3) is 0 Å². The summed E-state index contributed by atoms with van der Waals surface area (Å²) in [5.41, 5.74) is 0.380. The first-order valence-corrected chi connectivity index (χ1v) is 6.89. The summed E-state index contributed by atoms with van der Waals surface area (Å²) in [6.45, 7) is 5.58. The van der Waals surface area contributed by atoms with Gasteiger partial charge in [-0.2, -0.15) is 0 Å². The lowest BCUT2D eigenvalue weighted by Gasteiger charge is -2.18. The van der Waals surface area contributed by atoms with Gasteiger partial charge in [0.2, 0.25) is 6.10 Å². The normalized spacial score (nSPS) is 13.3. The van der Waals surface area contributed by atoms with E-state index in [9.17, 15) is 9.59 Å². The molecule has 20 heavy (non-hydrogen) atoms. The van der Waals surface area contributed by atoms with Gasteiger partial charge in [-0.3, -0.25) is 9.78 Å². The molecule has 0 saturated heterocycles. The summed E-state index contributed by atoms with van der Waals surface area (Å²) in [5.74, 6) is -1.01. The van der Waals surface area contributed by atoms with Gasteiger partial charge in [-0.25, -0.2) is 4.79 Å². The molecule has 0 spiro atoms. The summed E-state index contributed by atoms with van der Waals surface area (Å²) in [5, 5.41) is 0. The van der Waals surface area contributed by atoms with Crippen LogP contribution in [0.3, 0.4) is 0 Å². The van der Waals surface area contributed by atoms with Crippen molar-refractivity contribution in [2.45, 2.75) is 52.2 Å². The number of carbonyl (C=O) groups is 2. The quantitative estimate of drug-likeness (QED) is 0.718. The van der Waals surface area contributed by atoms with E-state index in [2.05, 4.69) is 4.98 Å². The number of carbonyl (C=O) groups excluding carboxylic acids is 2. The summed E-state index contributed by atoms with van der Waals surface area (Å²) >= 11 is 0. The molecule has 0 amide bonds. The molecule has 0 N–H and O–H groups in total. The highest BCUT2D eigenvalue weighted by Gasteiger charge is 2.28. The third-order valence-corrected chi connectivity index (χ3v) is 2.77. The molecule has 0 fully saturated rings. The number of pyridine rings is 1. The second-order valence-corrected chi connectivity index (χ2v) is 4.53. The molecule has 0 aliphatic rings. The van der Waals surface area contributed by atoms with Gasteiger partial charge < -0.3 is 9.47 Å². The Morgan fingerprint density at radius 2 is 2.00 bits per heavy atom. The van der Waals surface area contributed by atoms with E-state index in [1.54, 1.807) is 31.3 Å². The van der Waals surface area contributed by atoms with E-state index in [0.717, 1.165) is 0 Å². The number of hydrogen-bond donors (Lipinski definition) is 0. The van der Waals surface area contributed by atoms with Crippen molar-refractivity contribution in [3.63, 3.8) is 0 Å². The Labute approximate surface area is 119 Å². The predicted octanol–water partition coefficient (Wildman–Crippen LogP) is 2.81. The fourth-order valence-electron chi connectivity index (χ4n) is 1.50. The maximum absolute atomic E-state index is 12.1. The van der Waals surface area contributed by atoms with E-state index in [-0.39, 0.29) is 12.5 Å². The molecule has 1 heterocycles. The maximum atomic E-state index is 12.1. The molecule has 0 radical (unpaired) electrons. The lowest BCUT2D eigenvalue weighted by atomic mass is 10.2. The van der Waals surface area contributed by atoms with Crippen LogP contribution in [-0.2, 0) is 19.1 Å². The Hall–Kier alpha value is -1.91. The van der Waals surface area contributed by atoms with Crippen LogP contribution in [0.1, 0.15) is 51.8 Å². The maximum Gasteiger partial charge on any atom is 0.354 e. The van der Waals surface area contributed by atoms with Crippen LogP contribution >= 0.6 is 0 Å². The molecule has 0 aliphatic heterocycles. The molecule has 2 unspecified atom stereocenters. The van der Waals surface area contributed by atoms with E-state index in [1.807, 2.05) is 13.8 Å². The van der Waals surface area contributed by atoms with Crippen molar-refractivity contribution < 1.29 is 19.1 Å². The SMILES string of the molecule is CCCC(=O)OC(C(=O)OC(C)CC)c1ccccn1. The lowest BCUT2D eigenvalue weighted by molar-refractivity contribution is -0.172. The van der Waals surface area contributed by atoms with Crippen LogP contribution in [0.5, 0.6) is 0 Å². The van der Waals surface area contributed by atoms with Crippen molar-refractivity contribution in [2.24, 2.45) is 0 Å². The lowest BCUT2D eigenvalue weighted by Crippen LogP contribution is -2.25. The molecule has 0 aromatic carbocycles. The zero-order valence-electron chi connectivity index (χ0n) is 12.2. The van der Waals surface area contributed by atoms with E-state index in [4.69, 9.17) is 9.47 Å². The number of rotatable bonds is 7. The minimum atomic E-state index is -1.09. The monoisotopic (exact) mass is 279 g/mol. The highest BCUT2D eigenvalue weighted by Crippen LogP contribution is 2.19. The average Bonchev–Trinajstić information content (AvgIpc) is 2.45. The number of esters is 2. The number of nitrogens with zero attached hydrogens (tertiary/aromatic N) is 1. The van der Waals surface area contributed by atoms with Crippen molar-refractivity contribution >= 4 is 11.9 Å². The first-order valence-electron chi connectivity index (χ1n) is 6.89. The third-order valence-electron chi connectivity index (χ3n) is 2.77. The fraction of sp³-hybridized carbons (Fsp3) is 0.533. The molecule has 5 heteroatoms. The van der Waals surface area contributed by atoms with Crippen LogP contribution < -0.4 is 0 Å². The van der Waals surface area contributed by atoms with Crippen LogP contribution in [0.25, 0.3) is 0 Å². The minimum Gasteiger partial charge on any atom is -0.460 e. The highest BCUT2D eigenvalue weighted by atomic mass is 16.6. The van der Waals surface area contributed by atoms with Gasteiger partial charge in [0, 0.05) is 12.6 Å². The van der Waals surface area contributed by atoms with Gasteiger partial charge in [0.1, 0.15) is 0 Å². The van der Waals surface area contributed by atoms with Gasteiger partial charge in [0.15, 0.2) is 0 Å². The molecule has 0 aliphatic carbocycles. The van der Waals surface area contributed by atoms with Crippen LogP contribution in [0.15, 0.2) is 24.4 Å². The molecule has 1 rings (SSSR count). The van der Waals surface area contributed by atoms with Crippen LogP contribution in [-0.4, -0.2) is 23.0 Å². The summed E-state index contributed by atoms with van der Waals surface area (Å²) in [7, 11) is 0. The van der Waals surface area contributed by atoms with E-state index >= 15 is 0 Å². The average molecular weight is 279 g/mol. The molecule has 110 valence electrons. The van der Waals surface area contributed by atoms with Gasteiger partial charge >= 0.3 is 11.9 Å². The molecule has 2 atom stereocenters. The standard InChI is InChI=1S/C15H21NO4/c1-4-8-13(17)20-14(12-9-6-7-10-16-12)15(18)19-11(3)5-2/h6-7,9-11,14H,4-5,8H2,1-3H3.